The number of nitrogens with one attached hydrogen (secondary N) is 1. The van der Waals surface area contributed by atoms with Crippen molar-refractivity contribution in [3.8, 4) is 5.75 Å². The smallest absolute Gasteiger partial charge is 0.360 e. The van der Waals surface area contributed by atoms with Gasteiger partial charge in [-0.2, -0.15) is 4.98 Å². The number of rotatable bonds is 8. The van der Waals surface area contributed by atoms with Crippen LogP contribution in [0.25, 0.3) is 6.08 Å². The first kappa shape index (κ1) is 19.9. The minimum absolute atomic E-state index is 0.00257. The molecule has 1 aromatic heterocycles. The van der Waals surface area contributed by atoms with Crippen LogP contribution in [0.2, 0.25) is 0 Å². The molecule has 0 aliphatic heterocycles. The normalized spacial score (nSPS) is 10.7. The highest BCUT2D eigenvalue weighted by Gasteiger charge is 2.13. The standard InChI is InChI=1S/C22H20N2O5/c1-2-27-21(26)19-15-29-22(23-19)24-20(25)13-10-16-8-11-18(12-9-16)28-14-17-6-4-3-5-7-17/h3-13,15H,2,14H2,1H3,(H,23,24,25)/b13-10+. The van der Waals surface area contributed by atoms with Crippen molar-refractivity contribution in [2.45, 2.75) is 13.5 Å². The zero-order valence-corrected chi connectivity index (χ0v) is 15.8. The van der Waals surface area contributed by atoms with Crippen LogP contribution in [-0.2, 0) is 16.1 Å². The van der Waals surface area contributed by atoms with E-state index in [2.05, 4.69) is 10.3 Å². The summed E-state index contributed by atoms with van der Waals surface area (Å²) in [6.45, 7) is 2.40. The van der Waals surface area contributed by atoms with E-state index in [0.29, 0.717) is 6.61 Å². The van der Waals surface area contributed by atoms with Gasteiger partial charge in [0.05, 0.1) is 6.61 Å². The number of ether oxygens (including phenoxy) is 2. The topological polar surface area (TPSA) is 90.7 Å². The van der Waals surface area contributed by atoms with Crippen molar-refractivity contribution in [1.82, 2.24) is 4.98 Å². The maximum absolute atomic E-state index is 12.0. The Morgan fingerprint density at radius 3 is 2.59 bits per heavy atom. The molecule has 3 aromatic rings. The Labute approximate surface area is 168 Å². The Morgan fingerprint density at radius 2 is 1.86 bits per heavy atom. The van der Waals surface area contributed by atoms with Gasteiger partial charge in [-0.05, 0) is 36.3 Å². The fourth-order valence-electron chi connectivity index (χ4n) is 2.36. The van der Waals surface area contributed by atoms with Gasteiger partial charge in [-0.1, -0.05) is 42.5 Å². The SMILES string of the molecule is CCOC(=O)c1coc(NC(=O)/C=C/c2ccc(OCc3ccccc3)cc2)n1. The maximum Gasteiger partial charge on any atom is 0.360 e. The number of aromatic nitrogens is 1. The zero-order valence-electron chi connectivity index (χ0n) is 15.8. The molecular formula is C22H20N2O5. The molecule has 7 heteroatoms. The molecule has 0 saturated carbocycles. The summed E-state index contributed by atoms with van der Waals surface area (Å²) in [5.74, 6) is -0.310. The van der Waals surface area contributed by atoms with Crippen LogP contribution >= 0.6 is 0 Å². The van der Waals surface area contributed by atoms with Gasteiger partial charge in [-0.3, -0.25) is 10.1 Å². The molecular weight excluding hydrogens is 372 g/mol. The predicted octanol–water partition coefficient (Wildman–Crippen LogP) is 4.08. The molecule has 1 amide bonds. The number of benzene rings is 2. The van der Waals surface area contributed by atoms with E-state index in [1.807, 2.05) is 54.6 Å². The number of hydrogen-bond donors (Lipinski definition) is 1. The number of carbonyl (C=O) groups excluding carboxylic acids is 2. The minimum Gasteiger partial charge on any atom is -0.489 e. The highest BCUT2D eigenvalue weighted by molar-refractivity contribution is 6.01. The van der Waals surface area contributed by atoms with Crippen LogP contribution < -0.4 is 10.1 Å². The molecule has 0 aliphatic rings. The Hall–Kier alpha value is -3.87. The van der Waals surface area contributed by atoms with E-state index in [1.165, 1.54) is 6.08 Å². The summed E-state index contributed by atoms with van der Waals surface area (Å²) in [6.07, 6.45) is 4.12. The summed E-state index contributed by atoms with van der Waals surface area (Å²) in [4.78, 5) is 27.4. The van der Waals surface area contributed by atoms with Crippen LogP contribution in [0.15, 0.2) is 71.4 Å². The lowest BCUT2D eigenvalue weighted by Gasteiger charge is -2.06. The Balaban J connectivity index is 1.50. The number of nitrogens with zero attached hydrogens (tertiary/aromatic N) is 1. The van der Waals surface area contributed by atoms with Crippen molar-refractivity contribution in [3.05, 3.63) is 83.8 Å². The molecule has 0 spiro atoms. The van der Waals surface area contributed by atoms with Gasteiger partial charge in [0.2, 0.25) is 0 Å². The predicted molar refractivity (Wildman–Crippen MR) is 107 cm³/mol. The first-order valence-corrected chi connectivity index (χ1v) is 9.02. The average Bonchev–Trinajstić information content (AvgIpc) is 3.21. The number of anilines is 1. The van der Waals surface area contributed by atoms with E-state index in [1.54, 1.807) is 13.0 Å². The molecule has 1 N–H and O–H groups in total. The largest absolute Gasteiger partial charge is 0.489 e. The fraction of sp³-hybridized carbons (Fsp3) is 0.136. The molecule has 0 fully saturated rings. The molecule has 1 heterocycles. The van der Waals surface area contributed by atoms with Crippen LogP contribution in [0.4, 0.5) is 6.01 Å². The van der Waals surface area contributed by atoms with E-state index in [-0.39, 0.29) is 18.3 Å². The van der Waals surface area contributed by atoms with E-state index < -0.39 is 11.9 Å². The molecule has 7 nitrogen and oxygen atoms in total. The molecule has 148 valence electrons. The Kier molecular flexibility index (Phi) is 6.78. The number of carbonyl (C=O) groups is 2. The average molecular weight is 392 g/mol. The molecule has 0 aliphatic carbocycles. The fourth-order valence-corrected chi connectivity index (χ4v) is 2.36. The quantitative estimate of drug-likeness (QED) is 0.459. The summed E-state index contributed by atoms with van der Waals surface area (Å²) < 4.78 is 15.6. The van der Waals surface area contributed by atoms with Crippen molar-refractivity contribution in [3.63, 3.8) is 0 Å². The number of esters is 1. The molecule has 0 saturated heterocycles. The first-order valence-electron chi connectivity index (χ1n) is 9.02. The lowest BCUT2D eigenvalue weighted by molar-refractivity contribution is -0.112. The maximum atomic E-state index is 12.0. The molecule has 0 unspecified atom stereocenters. The lowest BCUT2D eigenvalue weighted by atomic mass is 10.2. The second-order valence-electron chi connectivity index (χ2n) is 5.92. The molecule has 0 atom stereocenters. The number of amides is 1. The van der Waals surface area contributed by atoms with Gasteiger partial charge in [-0.15, -0.1) is 0 Å². The highest BCUT2D eigenvalue weighted by atomic mass is 16.5. The van der Waals surface area contributed by atoms with Gasteiger partial charge in [-0.25, -0.2) is 4.79 Å². The van der Waals surface area contributed by atoms with Gasteiger partial charge >= 0.3 is 12.0 Å². The molecule has 2 aromatic carbocycles. The van der Waals surface area contributed by atoms with E-state index in [4.69, 9.17) is 13.9 Å². The summed E-state index contributed by atoms with van der Waals surface area (Å²) in [5, 5.41) is 2.44. The summed E-state index contributed by atoms with van der Waals surface area (Å²) in [7, 11) is 0. The molecule has 29 heavy (non-hydrogen) atoms. The van der Waals surface area contributed by atoms with Gasteiger partial charge in [0.15, 0.2) is 5.69 Å². The summed E-state index contributed by atoms with van der Waals surface area (Å²) in [6, 6.07) is 17.2. The third-order valence-electron chi connectivity index (χ3n) is 3.77. The minimum atomic E-state index is -0.609. The van der Waals surface area contributed by atoms with Gasteiger partial charge < -0.3 is 13.9 Å². The van der Waals surface area contributed by atoms with Gasteiger partial charge in [0, 0.05) is 6.08 Å². The number of oxazole rings is 1. The van der Waals surface area contributed by atoms with Crippen molar-refractivity contribution in [2.24, 2.45) is 0 Å². The van der Waals surface area contributed by atoms with Crippen LogP contribution in [0, 0.1) is 0 Å². The molecule has 0 radical (unpaired) electrons. The Bertz CT molecular complexity index is 978. The van der Waals surface area contributed by atoms with Gasteiger partial charge in [0.1, 0.15) is 18.6 Å². The van der Waals surface area contributed by atoms with Crippen molar-refractivity contribution >= 4 is 24.0 Å². The monoisotopic (exact) mass is 392 g/mol. The van der Waals surface area contributed by atoms with Crippen LogP contribution in [-0.4, -0.2) is 23.5 Å². The van der Waals surface area contributed by atoms with Crippen molar-refractivity contribution in [2.75, 3.05) is 11.9 Å². The summed E-state index contributed by atoms with van der Waals surface area (Å²) >= 11 is 0. The van der Waals surface area contributed by atoms with E-state index in [0.717, 1.165) is 23.1 Å². The third kappa shape index (κ3) is 6.07. The first-order chi connectivity index (χ1) is 14.1. The summed E-state index contributed by atoms with van der Waals surface area (Å²) in [5.41, 5.74) is 1.91. The van der Waals surface area contributed by atoms with Crippen molar-refractivity contribution < 1.29 is 23.5 Å². The van der Waals surface area contributed by atoms with E-state index in [9.17, 15) is 9.59 Å². The van der Waals surface area contributed by atoms with E-state index >= 15 is 0 Å². The Morgan fingerprint density at radius 1 is 1.10 bits per heavy atom. The van der Waals surface area contributed by atoms with Crippen molar-refractivity contribution in [1.29, 1.82) is 0 Å². The van der Waals surface area contributed by atoms with Crippen LogP contribution in [0.5, 0.6) is 5.75 Å². The van der Waals surface area contributed by atoms with Crippen LogP contribution in [0.1, 0.15) is 28.5 Å². The molecule has 3 rings (SSSR count). The lowest BCUT2D eigenvalue weighted by Crippen LogP contribution is -2.09. The molecule has 0 bridgehead atoms. The third-order valence-corrected chi connectivity index (χ3v) is 3.77. The highest BCUT2D eigenvalue weighted by Crippen LogP contribution is 2.15. The van der Waals surface area contributed by atoms with Crippen LogP contribution in [0.3, 0.4) is 0 Å². The second kappa shape index (κ2) is 9.89. The second-order valence-corrected chi connectivity index (χ2v) is 5.92. The zero-order chi connectivity index (χ0) is 20.5. The number of hydrogen-bond acceptors (Lipinski definition) is 6. The van der Waals surface area contributed by atoms with Gasteiger partial charge in [0.25, 0.3) is 5.91 Å².